The van der Waals surface area contributed by atoms with E-state index in [-0.39, 0.29) is 0 Å². The fourth-order valence-electron chi connectivity index (χ4n) is 3.41. The molecule has 0 aromatic carbocycles. The average Bonchev–Trinajstić information content (AvgIpc) is 3.02. The molecule has 1 N–H and O–H groups in total. The van der Waals surface area contributed by atoms with Crippen molar-refractivity contribution in [1.82, 2.24) is 10.3 Å². The molecule has 1 saturated heterocycles. The van der Waals surface area contributed by atoms with E-state index in [2.05, 4.69) is 29.4 Å². The number of rotatable bonds is 5. The van der Waals surface area contributed by atoms with Gasteiger partial charge in [-0.1, -0.05) is 19.8 Å². The molecule has 5 heteroatoms. The molecule has 2 aliphatic rings. The third-order valence-electron chi connectivity index (χ3n) is 4.63. The van der Waals surface area contributed by atoms with E-state index in [4.69, 9.17) is 9.72 Å². The predicted octanol–water partition coefficient (Wildman–Crippen LogP) is 3.35. The molecule has 0 amide bonds. The van der Waals surface area contributed by atoms with Gasteiger partial charge in [0.15, 0.2) is 5.13 Å². The molecule has 0 bridgehead atoms. The van der Waals surface area contributed by atoms with Gasteiger partial charge in [-0.3, -0.25) is 0 Å². The van der Waals surface area contributed by atoms with Crippen molar-refractivity contribution < 1.29 is 4.74 Å². The lowest BCUT2D eigenvalue weighted by Gasteiger charge is -2.43. The molecule has 21 heavy (non-hydrogen) atoms. The van der Waals surface area contributed by atoms with Gasteiger partial charge >= 0.3 is 0 Å². The number of thiazole rings is 1. The zero-order valence-corrected chi connectivity index (χ0v) is 14.0. The lowest BCUT2D eigenvalue weighted by molar-refractivity contribution is -0.00870. The number of morpholine rings is 1. The molecule has 2 fully saturated rings. The van der Waals surface area contributed by atoms with E-state index in [1.165, 1.54) is 36.5 Å². The summed E-state index contributed by atoms with van der Waals surface area (Å²) in [4.78, 5) is 7.41. The molecule has 1 aliphatic heterocycles. The molecular weight excluding hydrogens is 282 g/mol. The Bertz CT molecular complexity index is 448. The Kier molecular flexibility index (Phi) is 5.14. The minimum absolute atomic E-state index is 0.346. The molecule has 3 unspecified atom stereocenters. The van der Waals surface area contributed by atoms with Gasteiger partial charge in [-0.2, -0.15) is 0 Å². The van der Waals surface area contributed by atoms with Crippen LogP contribution < -0.4 is 10.2 Å². The molecule has 0 spiro atoms. The van der Waals surface area contributed by atoms with Gasteiger partial charge in [-0.15, -0.1) is 11.3 Å². The normalized spacial score (nSPS) is 27.4. The van der Waals surface area contributed by atoms with Crippen LogP contribution in [0.1, 0.15) is 57.7 Å². The lowest BCUT2D eigenvalue weighted by atomic mass is 9.90. The van der Waals surface area contributed by atoms with Crippen molar-refractivity contribution in [2.45, 2.75) is 64.1 Å². The first-order valence-corrected chi connectivity index (χ1v) is 9.24. The van der Waals surface area contributed by atoms with Crippen LogP contribution in [0.3, 0.4) is 0 Å². The Morgan fingerprint density at radius 3 is 3.19 bits per heavy atom. The maximum absolute atomic E-state index is 5.96. The molecule has 0 radical (unpaired) electrons. The fourth-order valence-corrected chi connectivity index (χ4v) is 4.41. The van der Waals surface area contributed by atoms with Gasteiger partial charge in [0, 0.05) is 18.0 Å². The molecule has 2 heterocycles. The molecule has 1 saturated carbocycles. The smallest absolute Gasteiger partial charge is 0.185 e. The Balaban J connectivity index is 1.69. The van der Waals surface area contributed by atoms with E-state index in [1.807, 2.05) is 0 Å². The molecule has 3 atom stereocenters. The number of fused-ring (bicyclic) bond motifs is 1. The number of nitrogens with zero attached hydrogens (tertiary/aromatic N) is 2. The average molecular weight is 309 g/mol. The Morgan fingerprint density at radius 2 is 2.33 bits per heavy atom. The second-order valence-electron chi connectivity index (χ2n) is 6.19. The Labute approximate surface area is 131 Å². The third-order valence-corrected chi connectivity index (χ3v) is 5.53. The largest absolute Gasteiger partial charge is 0.374 e. The predicted molar refractivity (Wildman–Crippen MR) is 88.2 cm³/mol. The van der Waals surface area contributed by atoms with Crippen molar-refractivity contribution in [2.24, 2.45) is 0 Å². The second kappa shape index (κ2) is 7.07. The van der Waals surface area contributed by atoms with Crippen LogP contribution in [0.2, 0.25) is 0 Å². The van der Waals surface area contributed by atoms with Gasteiger partial charge in [-0.05, 0) is 32.7 Å². The van der Waals surface area contributed by atoms with Crippen LogP contribution in [0, 0.1) is 0 Å². The number of anilines is 1. The summed E-state index contributed by atoms with van der Waals surface area (Å²) in [5, 5.41) is 6.93. The first-order chi connectivity index (χ1) is 10.3. The quantitative estimate of drug-likeness (QED) is 0.905. The number of hydrogen-bond donors (Lipinski definition) is 1. The van der Waals surface area contributed by atoms with E-state index >= 15 is 0 Å². The second-order valence-corrected chi connectivity index (χ2v) is 7.02. The highest BCUT2D eigenvalue weighted by atomic mass is 32.1. The van der Waals surface area contributed by atoms with Crippen LogP contribution in [-0.2, 0) is 4.74 Å². The minimum Gasteiger partial charge on any atom is -0.374 e. The van der Waals surface area contributed by atoms with Crippen LogP contribution in [0.5, 0.6) is 0 Å². The van der Waals surface area contributed by atoms with Crippen molar-refractivity contribution >= 4 is 16.5 Å². The summed E-state index contributed by atoms with van der Waals surface area (Å²) in [6, 6.07) is 0.892. The third kappa shape index (κ3) is 3.41. The first kappa shape index (κ1) is 15.3. The van der Waals surface area contributed by atoms with Crippen molar-refractivity contribution in [3.8, 4) is 0 Å². The van der Waals surface area contributed by atoms with Crippen LogP contribution in [-0.4, -0.2) is 36.8 Å². The summed E-state index contributed by atoms with van der Waals surface area (Å²) in [7, 11) is 0. The van der Waals surface area contributed by atoms with Crippen LogP contribution in [0.15, 0.2) is 5.38 Å². The number of nitrogens with one attached hydrogen (secondary N) is 1. The van der Waals surface area contributed by atoms with Gasteiger partial charge in [-0.25, -0.2) is 4.98 Å². The van der Waals surface area contributed by atoms with E-state index < -0.39 is 0 Å². The SMILES string of the molecule is CCCNC(C)c1csc(N2CCOC3CCCCC32)n1. The van der Waals surface area contributed by atoms with Gasteiger partial charge < -0.3 is 15.0 Å². The van der Waals surface area contributed by atoms with Crippen LogP contribution in [0.25, 0.3) is 0 Å². The zero-order chi connectivity index (χ0) is 14.7. The van der Waals surface area contributed by atoms with Gasteiger partial charge in [0.2, 0.25) is 0 Å². The summed E-state index contributed by atoms with van der Waals surface area (Å²) < 4.78 is 5.96. The molecular formula is C16H27N3OS. The molecule has 118 valence electrons. The van der Waals surface area contributed by atoms with Crippen molar-refractivity contribution in [3.05, 3.63) is 11.1 Å². The van der Waals surface area contributed by atoms with Crippen LogP contribution in [0.4, 0.5) is 5.13 Å². The first-order valence-electron chi connectivity index (χ1n) is 8.36. The summed E-state index contributed by atoms with van der Waals surface area (Å²) in [6.45, 7) is 7.29. The van der Waals surface area contributed by atoms with Crippen molar-refractivity contribution in [2.75, 3.05) is 24.6 Å². The van der Waals surface area contributed by atoms with Crippen molar-refractivity contribution in [1.29, 1.82) is 0 Å². The minimum atomic E-state index is 0.346. The topological polar surface area (TPSA) is 37.4 Å². The van der Waals surface area contributed by atoms with Crippen molar-refractivity contribution in [3.63, 3.8) is 0 Å². The highest BCUT2D eigenvalue weighted by molar-refractivity contribution is 7.13. The summed E-state index contributed by atoms with van der Waals surface area (Å²) in [5.74, 6) is 0. The summed E-state index contributed by atoms with van der Waals surface area (Å²) in [6.07, 6.45) is 6.70. The molecule has 4 nitrogen and oxygen atoms in total. The maximum atomic E-state index is 5.96. The highest BCUT2D eigenvalue weighted by Crippen LogP contribution is 2.34. The number of ether oxygens (including phenoxy) is 1. The van der Waals surface area contributed by atoms with E-state index in [9.17, 15) is 0 Å². The van der Waals surface area contributed by atoms with Crippen LogP contribution >= 0.6 is 11.3 Å². The fraction of sp³-hybridized carbons (Fsp3) is 0.812. The zero-order valence-electron chi connectivity index (χ0n) is 13.2. The van der Waals surface area contributed by atoms with E-state index in [1.54, 1.807) is 11.3 Å². The standard InChI is InChI=1S/C16H27N3OS/c1-3-8-17-12(2)13-11-21-16(18-13)19-9-10-20-15-7-5-4-6-14(15)19/h11-12,14-15,17H,3-10H2,1-2H3. The lowest BCUT2D eigenvalue weighted by Crippen LogP contribution is -2.52. The summed E-state index contributed by atoms with van der Waals surface area (Å²) in [5.41, 5.74) is 1.18. The Morgan fingerprint density at radius 1 is 1.48 bits per heavy atom. The number of aromatic nitrogens is 1. The van der Waals surface area contributed by atoms with Gasteiger partial charge in [0.1, 0.15) is 0 Å². The maximum Gasteiger partial charge on any atom is 0.185 e. The van der Waals surface area contributed by atoms with E-state index in [0.717, 1.165) is 26.1 Å². The van der Waals surface area contributed by atoms with Gasteiger partial charge in [0.25, 0.3) is 0 Å². The Hall–Kier alpha value is -0.650. The van der Waals surface area contributed by atoms with Gasteiger partial charge in [0.05, 0.1) is 24.4 Å². The molecule has 1 aromatic heterocycles. The molecule has 1 aromatic rings. The monoisotopic (exact) mass is 309 g/mol. The summed E-state index contributed by atoms with van der Waals surface area (Å²) >= 11 is 1.79. The molecule has 3 rings (SSSR count). The van der Waals surface area contributed by atoms with E-state index in [0.29, 0.717) is 18.2 Å². The number of hydrogen-bond acceptors (Lipinski definition) is 5. The highest BCUT2D eigenvalue weighted by Gasteiger charge is 2.35. The molecule has 1 aliphatic carbocycles.